The number of cyclic esters (lactones) is 1. The largest absolute Gasteiger partial charge is 0.464 e. The van der Waals surface area contributed by atoms with Gasteiger partial charge in [-0.25, -0.2) is 5.43 Å². The maximum atomic E-state index is 14.2. The molecule has 2 aromatic heterocycles. The number of likely N-dealkylation sites (N-methyl/N-ethyl adjacent to an activating group) is 1. The molecule has 2 aromatic carbocycles. The molecule has 3 aliphatic heterocycles. The maximum Gasteiger partial charge on any atom is 0.324 e. The summed E-state index contributed by atoms with van der Waals surface area (Å²) in [7, 11) is 3.90. The van der Waals surface area contributed by atoms with Crippen LogP contribution in [-0.4, -0.2) is 103 Å². The van der Waals surface area contributed by atoms with Crippen molar-refractivity contribution in [2.75, 3.05) is 58.4 Å². The molecule has 64 heavy (non-hydrogen) atoms. The van der Waals surface area contributed by atoms with Gasteiger partial charge in [0.15, 0.2) is 0 Å². The number of aromatic nitrogens is 2. The number of amides is 2. The van der Waals surface area contributed by atoms with Crippen LogP contribution in [0.4, 0.5) is 5.69 Å². The quantitative estimate of drug-likeness (QED) is 0.195. The first-order chi connectivity index (χ1) is 28.3. The Hall–Kier alpha value is -3.03. The molecule has 8 rings (SSSR count). The molecular formula is C47H71N7O5S5. The van der Waals surface area contributed by atoms with E-state index in [1.165, 1.54) is 10.6 Å². The van der Waals surface area contributed by atoms with E-state index < -0.39 is 17.5 Å². The first kappa shape index (κ1) is 55.3. The molecule has 2 amide bonds. The topological polar surface area (TPSA) is 121 Å². The Balaban J connectivity index is 0.00000218. The summed E-state index contributed by atoms with van der Waals surface area (Å²) in [6, 6.07) is 15.9. The van der Waals surface area contributed by atoms with Crippen molar-refractivity contribution in [3.8, 4) is 22.4 Å². The van der Waals surface area contributed by atoms with Gasteiger partial charge in [0.1, 0.15) is 12.1 Å². The van der Waals surface area contributed by atoms with E-state index in [2.05, 4.69) is 103 Å². The molecule has 0 spiro atoms. The number of nitrogens with zero attached hydrogens (tertiary/aromatic N) is 5. The monoisotopic (exact) mass is 973 g/mol. The van der Waals surface area contributed by atoms with Crippen LogP contribution in [0.2, 0.25) is 0 Å². The van der Waals surface area contributed by atoms with Crippen LogP contribution in [0.1, 0.15) is 76.8 Å². The summed E-state index contributed by atoms with van der Waals surface area (Å²) < 4.78 is 14.5. The minimum absolute atomic E-state index is 0. The molecule has 0 unspecified atom stereocenters. The summed E-state index contributed by atoms with van der Waals surface area (Å²) >= 11 is 0. The second-order valence-electron chi connectivity index (χ2n) is 18.1. The molecule has 2 N–H and O–H groups in total. The Morgan fingerprint density at radius 3 is 2.38 bits per heavy atom. The van der Waals surface area contributed by atoms with Crippen LogP contribution in [0.15, 0.2) is 54.7 Å². The summed E-state index contributed by atoms with van der Waals surface area (Å²) in [6.45, 7) is 15.8. The molecule has 5 heterocycles. The summed E-state index contributed by atoms with van der Waals surface area (Å²) in [5.41, 5.74) is 12.2. The van der Waals surface area contributed by atoms with Gasteiger partial charge in [-0.3, -0.25) is 24.4 Å². The number of fused-ring (bicyclic) bond motifs is 6. The molecule has 6 bridgehead atoms. The van der Waals surface area contributed by atoms with Crippen LogP contribution in [-0.2, 0) is 43.2 Å². The zero-order valence-electron chi connectivity index (χ0n) is 38.3. The fourth-order valence-electron chi connectivity index (χ4n) is 9.23. The number of piperazine rings is 1. The van der Waals surface area contributed by atoms with Gasteiger partial charge < -0.3 is 29.2 Å². The molecule has 17 heteroatoms. The van der Waals surface area contributed by atoms with Crippen LogP contribution in [0.25, 0.3) is 33.3 Å². The van der Waals surface area contributed by atoms with E-state index in [1.54, 1.807) is 7.11 Å². The number of hydrogen-bond acceptors (Lipinski definition) is 9. The first-order valence-electron chi connectivity index (χ1n) is 21.6. The number of hydrazine groups is 1. The lowest BCUT2D eigenvalue weighted by molar-refractivity contribution is -0.155. The number of benzene rings is 2. The molecule has 1 aliphatic carbocycles. The summed E-state index contributed by atoms with van der Waals surface area (Å²) in [5.74, 6) is -0.493. The lowest BCUT2D eigenvalue weighted by Crippen LogP contribution is -2.60. The molecule has 2 saturated heterocycles. The second-order valence-corrected chi connectivity index (χ2v) is 18.1. The number of nitrogens with one attached hydrogen (secondary N) is 2. The third kappa shape index (κ3) is 11.7. The van der Waals surface area contributed by atoms with Gasteiger partial charge >= 0.3 is 5.97 Å². The summed E-state index contributed by atoms with van der Waals surface area (Å²) in [6.07, 6.45) is 4.72. The number of pyridine rings is 1. The van der Waals surface area contributed by atoms with Crippen molar-refractivity contribution >= 4 is 102 Å². The number of anilines is 1. The van der Waals surface area contributed by atoms with Crippen molar-refractivity contribution in [3.05, 3.63) is 71.5 Å². The number of carbonyl (C=O) groups is 3. The van der Waals surface area contributed by atoms with Crippen LogP contribution < -0.4 is 15.6 Å². The number of hydrogen-bond donors (Lipinski definition) is 2. The van der Waals surface area contributed by atoms with Crippen molar-refractivity contribution < 1.29 is 23.9 Å². The van der Waals surface area contributed by atoms with Gasteiger partial charge in [0.2, 0.25) is 5.91 Å². The van der Waals surface area contributed by atoms with Gasteiger partial charge in [-0.15, -0.1) is 0 Å². The number of aryl methyl sites for hydroxylation is 1. The molecule has 3 fully saturated rings. The minimum atomic E-state index is -0.792. The third-order valence-electron chi connectivity index (χ3n) is 13.0. The zero-order chi connectivity index (χ0) is 41.6. The van der Waals surface area contributed by atoms with Gasteiger partial charge in [-0.2, -0.15) is 67.5 Å². The predicted molar refractivity (Wildman–Crippen MR) is 283 cm³/mol. The average Bonchev–Trinajstić information content (AvgIpc) is 3.91. The molecule has 5 atom stereocenters. The maximum absolute atomic E-state index is 14.2. The van der Waals surface area contributed by atoms with Crippen LogP contribution in [0, 0.1) is 17.3 Å². The van der Waals surface area contributed by atoms with Crippen LogP contribution in [0.3, 0.4) is 0 Å². The van der Waals surface area contributed by atoms with Gasteiger partial charge in [-0.05, 0) is 92.9 Å². The highest BCUT2D eigenvalue weighted by atomic mass is 32.1. The van der Waals surface area contributed by atoms with Crippen molar-refractivity contribution in [2.24, 2.45) is 17.3 Å². The number of ether oxygens (including phenoxy) is 2. The van der Waals surface area contributed by atoms with E-state index >= 15 is 0 Å². The van der Waals surface area contributed by atoms with Gasteiger partial charge in [0.25, 0.3) is 5.91 Å². The highest BCUT2D eigenvalue weighted by Crippen LogP contribution is 2.43. The second kappa shape index (κ2) is 23.1. The molecule has 0 radical (unpaired) electrons. The summed E-state index contributed by atoms with van der Waals surface area (Å²) in [5, 5.41) is 5.76. The molecule has 4 aromatic rings. The van der Waals surface area contributed by atoms with E-state index in [9.17, 15) is 14.4 Å². The van der Waals surface area contributed by atoms with E-state index in [4.69, 9.17) is 14.5 Å². The third-order valence-corrected chi connectivity index (χ3v) is 13.0. The Kier molecular flexibility index (Phi) is 20.0. The lowest BCUT2D eigenvalue weighted by atomic mass is 9.84. The zero-order valence-corrected chi connectivity index (χ0v) is 43.3. The van der Waals surface area contributed by atoms with Crippen LogP contribution >= 0.6 is 67.5 Å². The standard InChI is InChI=1S/C47H61N7O5.5H2S/c1-8-53-41-15-14-33-24-36(41)38(43(53)37-25-34(27-48-42(37)30(3)58-7)52-19-17-51(6)18-20-52)26-47(4,5)28-59-46(57)39-13-10-16-54(50-39)45(56)40(49-44(55)35-21-29(35)2)23-31-11-9-12-32(33)22-31;;;;;/h9,11-12,14-15,22,24-25,27,29-30,35,39-40,50H,8,10,13,16-21,23,26,28H2,1-7H3,(H,49,55);5*1H2/t29-,30-,35-,39-,40-;;;;;/m0...../s1. The van der Waals surface area contributed by atoms with Crippen molar-refractivity contribution in [1.29, 1.82) is 0 Å². The molecule has 1 saturated carbocycles. The highest BCUT2D eigenvalue weighted by molar-refractivity contribution is 7.60. The van der Waals surface area contributed by atoms with Gasteiger partial charge in [-0.1, -0.05) is 51.1 Å². The predicted octanol–water partition coefficient (Wildman–Crippen LogP) is 6.72. The Morgan fingerprint density at radius 1 is 1.00 bits per heavy atom. The van der Waals surface area contributed by atoms with E-state index in [0.29, 0.717) is 38.1 Å². The average molecular weight is 974 g/mol. The highest BCUT2D eigenvalue weighted by Gasteiger charge is 2.42. The van der Waals surface area contributed by atoms with Crippen LogP contribution in [0.5, 0.6) is 0 Å². The summed E-state index contributed by atoms with van der Waals surface area (Å²) in [4.78, 5) is 51.3. The van der Waals surface area contributed by atoms with Gasteiger partial charge in [0.05, 0.1) is 36.0 Å². The van der Waals surface area contributed by atoms with E-state index in [0.717, 1.165) is 89.4 Å². The van der Waals surface area contributed by atoms with Crippen molar-refractivity contribution in [3.63, 3.8) is 0 Å². The molecule has 12 nitrogen and oxygen atoms in total. The fourth-order valence-corrected chi connectivity index (χ4v) is 9.23. The Morgan fingerprint density at radius 2 is 1.70 bits per heavy atom. The van der Waals surface area contributed by atoms with E-state index in [1.807, 2.05) is 18.3 Å². The smallest absolute Gasteiger partial charge is 0.324 e. The Bertz CT molecular complexity index is 2250. The molecule has 4 aliphatic rings. The SMILES string of the molecule is CCn1c(-c2cc(N3CCN(C)CC3)cnc2[C@H](C)OC)c2c3cc(ccc31)-c1cccc(c1)C[C@H](NC(=O)[C@H]1C[C@@H]1C)C(=O)N1CCC[C@H](N1)C(=O)OCC(C)(C)C2.S.S.S.S.S. The Labute approximate surface area is 414 Å². The van der Waals surface area contributed by atoms with Crippen molar-refractivity contribution in [2.45, 2.75) is 91.5 Å². The minimum Gasteiger partial charge on any atom is -0.464 e. The first-order valence-corrected chi connectivity index (χ1v) is 21.6. The molecule has 354 valence electrons. The van der Waals surface area contributed by atoms with Crippen molar-refractivity contribution in [1.82, 2.24) is 30.2 Å². The number of esters is 1. The fraction of sp³-hybridized carbons (Fsp3) is 0.532. The van der Waals surface area contributed by atoms with Gasteiger partial charge in [0, 0.05) is 80.6 Å². The number of rotatable bonds is 7. The normalized spacial score (nSPS) is 22.5. The van der Waals surface area contributed by atoms with E-state index in [-0.39, 0.29) is 104 Å². The molecular weight excluding hydrogens is 903 g/mol. The lowest BCUT2D eigenvalue weighted by Gasteiger charge is -2.35. The number of methoxy groups -OCH3 is 1. The number of carbonyl (C=O) groups excluding carboxylic acids is 3.